The van der Waals surface area contributed by atoms with E-state index in [1.807, 2.05) is 0 Å². The van der Waals surface area contributed by atoms with Gasteiger partial charge in [-0.05, 0) is 37.2 Å². The van der Waals surface area contributed by atoms with Crippen LogP contribution in [0.1, 0.15) is 33.1 Å². The van der Waals surface area contributed by atoms with Gasteiger partial charge in [0.25, 0.3) is 0 Å². The average molecular weight is 250 g/mol. The third kappa shape index (κ3) is 2.86. The molecule has 2 N–H and O–H groups in total. The predicted octanol–water partition coefficient (Wildman–Crippen LogP) is 2.88. The SMILES string of the molecule is COc1nc(OC2CCC(C)C(C)C2)ccc1N. The summed E-state index contributed by atoms with van der Waals surface area (Å²) in [5, 5.41) is 0. The van der Waals surface area contributed by atoms with Crippen LogP contribution in [0, 0.1) is 11.8 Å². The molecule has 3 atom stereocenters. The van der Waals surface area contributed by atoms with Crippen LogP contribution in [-0.4, -0.2) is 18.2 Å². The zero-order chi connectivity index (χ0) is 13.1. The molecule has 0 amide bonds. The van der Waals surface area contributed by atoms with E-state index >= 15 is 0 Å². The van der Waals surface area contributed by atoms with Crippen LogP contribution < -0.4 is 15.2 Å². The van der Waals surface area contributed by atoms with Gasteiger partial charge in [-0.1, -0.05) is 13.8 Å². The average Bonchev–Trinajstić information content (AvgIpc) is 2.36. The first-order valence-corrected chi connectivity index (χ1v) is 6.57. The molecule has 0 radical (unpaired) electrons. The van der Waals surface area contributed by atoms with Crippen LogP contribution in [0.3, 0.4) is 0 Å². The Kier molecular flexibility index (Phi) is 3.94. The summed E-state index contributed by atoms with van der Waals surface area (Å²) in [4.78, 5) is 4.26. The maximum absolute atomic E-state index is 5.92. The fraction of sp³-hybridized carbons (Fsp3) is 0.643. The van der Waals surface area contributed by atoms with Crippen molar-refractivity contribution in [2.45, 2.75) is 39.2 Å². The number of anilines is 1. The van der Waals surface area contributed by atoms with Crippen molar-refractivity contribution in [2.24, 2.45) is 11.8 Å². The van der Waals surface area contributed by atoms with Crippen LogP contribution in [0.25, 0.3) is 0 Å². The normalized spacial score (nSPS) is 27.8. The molecule has 1 aromatic rings. The highest BCUT2D eigenvalue weighted by molar-refractivity contribution is 5.49. The van der Waals surface area contributed by atoms with Crippen molar-refractivity contribution in [1.82, 2.24) is 4.98 Å². The number of rotatable bonds is 3. The van der Waals surface area contributed by atoms with Gasteiger partial charge in [-0.15, -0.1) is 0 Å². The first kappa shape index (κ1) is 13.0. The minimum Gasteiger partial charge on any atom is -0.479 e. The summed E-state index contributed by atoms with van der Waals surface area (Å²) in [6, 6.07) is 3.58. The molecule has 1 aromatic heterocycles. The fourth-order valence-corrected chi connectivity index (χ4v) is 2.44. The van der Waals surface area contributed by atoms with E-state index in [4.69, 9.17) is 15.2 Å². The molecule has 1 saturated carbocycles. The number of aromatic nitrogens is 1. The highest BCUT2D eigenvalue weighted by atomic mass is 16.5. The zero-order valence-electron chi connectivity index (χ0n) is 11.3. The van der Waals surface area contributed by atoms with Gasteiger partial charge < -0.3 is 15.2 Å². The van der Waals surface area contributed by atoms with E-state index < -0.39 is 0 Å². The standard InChI is InChI=1S/C14H22N2O2/c1-9-4-5-11(8-10(9)2)18-13-7-6-12(15)14(16-13)17-3/h6-7,9-11H,4-5,8,15H2,1-3H3. The van der Waals surface area contributed by atoms with E-state index in [0.717, 1.165) is 18.8 Å². The molecule has 0 spiro atoms. The van der Waals surface area contributed by atoms with Gasteiger partial charge in [0, 0.05) is 6.07 Å². The Morgan fingerprint density at radius 1 is 1.22 bits per heavy atom. The molecule has 1 heterocycles. The molecule has 18 heavy (non-hydrogen) atoms. The third-order valence-corrected chi connectivity index (χ3v) is 3.89. The molecule has 1 aliphatic carbocycles. The van der Waals surface area contributed by atoms with Gasteiger partial charge in [0.1, 0.15) is 6.10 Å². The van der Waals surface area contributed by atoms with E-state index in [9.17, 15) is 0 Å². The predicted molar refractivity (Wildman–Crippen MR) is 71.8 cm³/mol. The summed E-state index contributed by atoms with van der Waals surface area (Å²) >= 11 is 0. The monoisotopic (exact) mass is 250 g/mol. The molecule has 4 heteroatoms. The molecular weight excluding hydrogens is 228 g/mol. The molecule has 3 unspecified atom stereocenters. The summed E-state index contributed by atoms with van der Waals surface area (Å²) < 4.78 is 11.0. The number of nitrogens with zero attached hydrogens (tertiary/aromatic N) is 1. The number of pyridine rings is 1. The van der Waals surface area contributed by atoms with Crippen molar-refractivity contribution in [1.29, 1.82) is 0 Å². The molecule has 1 aliphatic rings. The maximum Gasteiger partial charge on any atom is 0.240 e. The smallest absolute Gasteiger partial charge is 0.240 e. The van der Waals surface area contributed by atoms with Crippen LogP contribution in [0.5, 0.6) is 11.8 Å². The lowest BCUT2D eigenvalue weighted by Crippen LogP contribution is -2.29. The summed E-state index contributed by atoms with van der Waals surface area (Å²) in [5.74, 6) is 2.54. The summed E-state index contributed by atoms with van der Waals surface area (Å²) in [6.07, 6.45) is 3.67. The van der Waals surface area contributed by atoms with Gasteiger partial charge in [0.15, 0.2) is 0 Å². The second-order valence-electron chi connectivity index (χ2n) is 5.26. The first-order valence-electron chi connectivity index (χ1n) is 6.57. The Balaban J connectivity index is 2.01. The maximum atomic E-state index is 5.92. The van der Waals surface area contributed by atoms with E-state index in [-0.39, 0.29) is 6.10 Å². The summed E-state index contributed by atoms with van der Waals surface area (Å²) in [6.45, 7) is 4.60. The van der Waals surface area contributed by atoms with E-state index in [0.29, 0.717) is 23.4 Å². The van der Waals surface area contributed by atoms with Crippen LogP contribution in [0.15, 0.2) is 12.1 Å². The molecule has 4 nitrogen and oxygen atoms in total. The second kappa shape index (κ2) is 5.46. The number of methoxy groups -OCH3 is 1. The summed E-state index contributed by atoms with van der Waals surface area (Å²) in [5.41, 5.74) is 6.27. The minimum atomic E-state index is 0.261. The van der Waals surface area contributed by atoms with Gasteiger partial charge in [-0.3, -0.25) is 0 Å². The topological polar surface area (TPSA) is 57.4 Å². The number of ether oxygens (including phenoxy) is 2. The Morgan fingerprint density at radius 2 is 2.00 bits per heavy atom. The number of hydrogen-bond donors (Lipinski definition) is 1. The molecular formula is C14H22N2O2. The van der Waals surface area contributed by atoms with E-state index in [1.54, 1.807) is 19.2 Å². The van der Waals surface area contributed by atoms with Crippen molar-refractivity contribution in [3.05, 3.63) is 12.1 Å². The van der Waals surface area contributed by atoms with Crippen LogP contribution in [0.4, 0.5) is 5.69 Å². The molecule has 0 saturated heterocycles. The van der Waals surface area contributed by atoms with Crippen molar-refractivity contribution < 1.29 is 9.47 Å². The minimum absolute atomic E-state index is 0.261. The Morgan fingerprint density at radius 3 is 2.67 bits per heavy atom. The molecule has 0 aromatic carbocycles. The molecule has 0 aliphatic heterocycles. The van der Waals surface area contributed by atoms with Gasteiger partial charge >= 0.3 is 0 Å². The zero-order valence-corrected chi connectivity index (χ0v) is 11.3. The summed E-state index contributed by atoms with van der Waals surface area (Å²) in [7, 11) is 1.56. The van der Waals surface area contributed by atoms with E-state index in [2.05, 4.69) is 18.8 Å². The Bertz CT molecular complexity index is 409. The Hall–Kier alpha value is -1.45. The van der Waals surface area contributed by atoms with Gasteiger partial charge in [0.05, 0.1) is 12.8 Å². The molecule has 1 fully saturated rings. The number of nitrogen functional groups attached to an aromatic ring is 1. The lowest BCUT2D eigenvalue weighted by atomic mass is 9.80. The van der Waals surface area contributed by atoms with Gasteiger partial charge in [-0.25, -0.2) is 0 Å². The third-order valence-electron chi connectivity index (χ3n) is 3.89. The quantitative estimate of drug-likeness (QED) is 0.896. The first-order chi connectivity index (χ1) is 8.60. The Labute approximate surface area is 108 Å². The largest absolute Gasteiger partial charge is 0.479 e. The van der Waals surface area contributed by atoms with E-state index in [1.165, 1.54) is 6.42 Å². The molecule has 100 valence electrons. The van der Waals surface area contributed by atoms with Crippen molar-refractivity contribution >= 4 is 5.69 Å². The number of nitrogens with two attached hydrogens (primary N) is 1. The van der Waals surface area contributed by atoms with Crippen LogP contribution >= 0.6 is 0 Å². The fourth-order valence-electron chi connectivity index (χ4n) is 2.44. The van der Waals surface area contributed by atoms with Gasteiger partial charge in [-0.2, -0.15) is 4.98 Å². The van der Waals surface area contributed by atoms with Gasteiger partial charge in [0.2, 0.25) is 11.8 Å². The van der Waals surface area contributed by atoms with Crippen molar-refractivity contribution in [3.63, 3.8) is 0 Å². The highest BCUT2D eigenvalue weighted by Crippen LogP contribution is 2.32. The van der Waals surface area contributed by atoms with Crippen LogP contribution in [0.2, 0.25) is 0 Å². The second-order valence-corrected chi connectivity index (χ2v) is 5.26. The lowest BCUT2D eigenvalue weighted by molar-refractivity contribution is 0.0959. The molecule has 2 rings (SSSR count). The lowest BCUT2D eigenvalue weighted by Gasteiger charge is -2.31. The van der Waals surface area contributed by atoms with Crippen molar-refractivity contribution in [2.75, 3.05) is 12.8 Å². The van der Waals surface area contributed by atoms with Crippen molar-refractivity contribution in [3.8, 4) is 11.8 Å². The van der Waals surface area contributed by atoms with Crippen LogP contribution in [-0.2, 0) is 0 Å². The number of hydrogen-bond acceptors (Lipinski definition) is 4. The molecule has 0 bridgehead atoms. The highest BCUT2D eigenvalue weighted by Gasteiger charge is 2.26.